The number of hydrogen-bond donors (Lipinski definition) is 0. The van der Waals surface area contributed by atoms with E-state index in [1.54, 1.807) is 20.8 Å². The van der Waals surface area contributed by atoms with Gasteiger partial charge in [0.05, 0.1) is 0 Å². The summed E-state index contributed by atoms with van der Waals surface area (Å²) >= 11 is 0. The first-order chi connectivity index (χ1) is 9.30. The Hall–Kier alpha value is -1.71. The number of rotatable bonds is 1. The molecule has 0 aliphatic heterocycles. The second-order valence-corrected chi connectivity index (χ2v) is 7.56. The molecule has 0 N–H and O–H groups in total. The standard InChI is InChI=1S/C11H13F3N4O2S/c1-10(2,3)8-16-7-5-6(11(12,13)14)15-9(18(7)17-8)21(4,19)20/h5H,1-4H3. The van der Waals surface area contributed by atoms with Crippen LogP contribution < -0.4 is 0 Å². The number of nitrogens with zero attached hydrogens (tertiary/aromatic N) is 4. The summed E-state index contributed by atoms with van der Waals surface area (Å²) in [5.74, 6) is 0.230. The van der Waals surface area contributed by atoms with Crippen molar-refractivity contribution in [2.24, 2.45) is 0 Å². The Morgan fingerprint density at radius 2 is 1.71 bits per heavy atom. The maximum atomic E-state index is 12.8. The topological polar surface area (TPSA) is 77.2 Å². The first kappa shape index (κ1) is 15.7. The molecular formula is C11H13F3N4O2S. The van der Waals surface area contributed by atoms with Crippen molar-refractivity contribution in [1.82, 2.24) is 19.6 Å². The summed E-state index contributed by atoms with van der Waals surface area (Å²) in [5.41, 5.74) is -2.06. The minimum Gasteiger partial charge on any atom is -0.221 e. The van der Waals surface area contributed by atoms with Gasteiger partial charge < -0.3 is 0 Å². The summed E-state index contributed by atoms with van der Waals surface area (Å²) in [7, 11) is -4.00. The van der Waals surface area contributed by atoms with E-state index >= 15 is 0 Å². The van der Waals surface area contributed by atoms with Gasteiger partial charge in [-0.05, 0) is 0 Å². The Labute approximate surface area is 118 Å². The van der Waals surface area contributed by atoms with E-state index in [9.17, 15) is 21.6 Å². The molecule has 0 atom stereocenters. The van der Waals surface area contributed by atoms with Gasteiger partial charge in [0.2, 0.25) is 9.84 Å². The highest BCUT2D eigenvalue weighted by Crippen LogP contribution is 2.30. The first-order valence-corrected chi connectivity index (χ1v) is 7.75. The van der Waals surface area contributed by atoms with Crippen molar-refractivity contribution in [2.45, 2.75) is 37.5 Å². The molecule has 2 aromatic heterocycles. The molecule has 0 aliphatic rings. The van der Waals surface area contributed by atoms with Crippen molar-refractivity contribution in [3.05, 3.63) is 17.6 Å². The lowest BCUT2D eigenvalue weighted by atomic mass is 9.96. The summed E-state index contributed by atoms with van der Waals surface area (Å²) in [6.07, 6.45) is -4.00. The molecule has 0 amide bonds. The van der Waals surface area contributed by atoms with Gasteiger partial charge in [0, 0.05) is 17.7 Å². The fourth-order valence-corrected chi connectivity index (χ4v) is 2.28. The highest BCUT2D eigenvalue weighted by molar-refractivity contribution is 7.90. The average molecular weight is 322 g/mol. The van der Waals surface area contributed by atoms with Crippen LogP contribution in [0.3, 0.4) is 0 Å². The van der Waals surface area contributed by atoms with Crippen molar-refractivity contribution >= 4 is 15.5 Å². The minimum atomic E-state index is -4.77. The van der Waals surface area contributed by atoms with E-state index in [1.807, 2.05) is 0 Å². The predicted molar refractivity (Wildman–Crippen MR) is 67.6 cm³/mol. The van der Waals surface area contributed by atoms with Crippen molar-refractivity contribution in [3.63, 3.8) is 0 Å². The maximum absolute atomic E-state index is 12.8. The number of fused-ring (bicyclic) bond motifs is 1. The smallest absolute Gasteiger partial charge is 0.221 e. The Bertz CT molecular complexity index is 803. The van der Waals surface area contributed by atoms with E-state index in [2.05, 4.69) is 15.1 Å². The van der Waals surface area contributed by atoms with Gasteiger partial charge in [0.25, 0.3) is 5.16 Å². The van der Waals surface area contributed by atoms with Crippen LogP contribution in [0.1, 0.15) is 32.3 Å². The fraction of sp³-hybridized carbons (Fsp3) is 0.545. The van der Waals surface area contributed by atoms with Gasteiger partial charge in [0.1, 0.15) is 0 Å². The molecular weight excluding hydrogens is 309 g/mol. The summed E-state index contributed by atoms with van der Waals surface area (Å²) in [4.78, 5) is 7.17. The van der Waals surface area contributed by atoms with Crippen molar-refractivity contribution in [1.29, 1.82) is 0 Å². The lowest BCUT2D eigenvalue weighted by Gasteiger charge is -2.11. The predicted octanol–water partition coefficient (Wildman–Crippen LogP) is 1.84. The monoisotopic (exact) mass is 322 g/mol. The van der Waals surface area contributed by atoms with Gasteiger partial charge in [-0.15, -0.1) is 5.10 Å². The third kappa shape index (κ3) is 2.99. The summed E-state index contributed by atoms with van der Waals surface area (Å²) in [5, 5.41) is 3.19. The van der Waals surface area contributed by atoms with Gasteiger partial charge in [-0.2, -0.15) is 17.7 Å². The SMILES string of the molecule is CC(C)(C)c1nc2cc(C(F)(F)F)nc(S(C)(=O)=O)n2n1. The summed E-state index contributed by atoms with van der Waals surface area (Å²) in [6.45, 7) is 5.29. The molecule has 0 radical (unpaired) electrons. The fourth-order valence-electron chi connectivity index (χ4n) is 1.57. The van der Waals surface area contributed by atoms with E-state index in [4.69, 9.17) is 0 Å². The molecule has 21 heavy (non-hydrogen) atoms. The van der Waals surface area contributed by atoms with Crippen LogP contribution in [0.5, 0.6) is 0 Å². The largest absolute Gasteiger partial charge is 0.433 e. The molecule has 10 heteroatoms. The van der Waals surface area contributed by atoms with Crippen LogP contribution in [0.25, 0.3) is 5.65 Å². The molecule has 0 fully saturated rings. The number of alkyl halides is 3. The van der Waals surface area contributed by atoms with Crippen LogP contribution in [0.2, 0.25) is 0 Å². The van der Waals surface area contributed by atoms with Gasteiger partial charge in [0.15, 0.2) is 17.2 Å². The molecule has 0 unspecified atom stereocenters. The molecule has 0 saturated heterocycles. The minimum absolute atomic E-state index is 0.206. The molecule has 2 rings (SSSR count). The van der Waals surface area contributed by atoms with Crippen LogP contribution in [-0.4, -0.2) is 34.3 Å². The zero-order valence-corrected chi connectivity index (χ0v) is 12.5. The third-order valence-electron chi connectivity index (χ3n) is 2.59. The molecule has 0 bridgehead atoms. The Morgan fingerprint density at radius 3 is 2.14 bits per heavy atom. The highest BCUT2D eigenvalue weighted by Gasteiger charge is 2.36. The maximum Gasteiger partial charge on any atom is 0.433 e. The van der Waals surface area contributed by atoms with Crippen LogP contribution >= 0.6 is 0 Å². The Kier molecular flexibility index (Phi) is 3.28. The first-order valence-electron chi connectivity index (χ1n) is 5.86. The molecule has 0 aliphatic carbocycles. The lowest BCUT2D eigenvalue weighted by molar-refractivity contribution is -0.141. The molecule has 6 nitrogen and oxygen atoms in total. The van der Waals surface area contributed by atoms with E-state index in [0.717, 1.165) is 10.8 Å². The zero-order valence-electron chi connectivity index (χ0n) is 11.7. The number of aromatic nitrogens is 4. The summed E-state index contributed by atoms with van der Waals surface area (Å²) in [6, 6.07) is 0.677. The quantitative estimate of drug-likeness (QED) is 0.749. The lowest BCUT2D eigenvalue weighted by Crippen LogP contribution is -2.17. The zero-order chi connectivity index (χ0) is 16.2. The number of hydrogen-bond acceptors (Lipinski definition) is 5. The van der Waals surface area contributed by atoms with Gasteiger partial charge in [-0.1, -0.05) is 20.8 Å². The van der Waals surface area contributed by atoms with Crippen molar-refractivity contribution < 1.29 is 21.6 Å². The summed E-state index contributed by atoms with van der Waals surface area (Å²) < 4.78 is 62.6. The van der Waals surface area contributed by atoms with E-state index in [0.29, 0.717) is 6.07 Å². The molecule has 2 heterocycles. The van der Waals surface area contributed by atoms with E-state index in [1.165, 1.54) is 0 Å². The van der Waals surface area contributed by atoms with Crippen LogP contribution in [0.15, 0.2) is 11.2 Å². The molecule has 0 saturated carbocycles. The normalized spacial score (nSPS) is 13.9. The average Bonchev–Trinajstić information content (AvgIpc) is 2.67. The number of sulfone groups is 1. The van der Waals surface area contributed by atoms with E-state index in [-0.39, 0.29) is 11.5 Å². The molecule has 0 spiro atoms. The third-order valence-corrected chi connectivity index (χ3v) is 3.52. The molecule has 2 aromatic rings. The molecule has 0 aromatic carbocycles. The molecule has 116 valence electrons. The Balaban J connectivity index is 2.88. The second-order valence-electron chi connectivity index (χ2n) is 5.65. The van der Waals surface area contributed by atoms with Gasteiger partial charge >= 0.3 is 6.18 Å². The van der Waals surface area contributed by atoms with E-state index < -0.39 is 32.3 Å². The van der Waals surface area contributed by atoms with Crippen LogP contribution in [0.4, 0.5) is 13.2 Å². The van der Waals surface area contributed by atoms with Crippen LogP contribution in [-0.2, 0) is 21.4 Å². The van der Waals surface area contributed by atoms with Crippen molar-refractivity contribution in [2.75, 3.05) is 6.26 Å². The Morgan fingerprint density at radius 1 is 1.14 bits per heavy atom. The van der Waals surface area contributed by atoms with Crippen molar-refractivity contribution in [3.8, 4) is 0 Å². The van der Waals surface area contributed by atoms with Crippen LogP contribution in [0, 0.1) is 0 Å². The second kappa shape index (κ2) is 4.39. The number of halogens is 3. The van der Waals surface area contributed by atoms with Gasteiger partial charge in [-0.25, -0.2) is 18.4 Å². The highest BCUT2D eigenvalue weighted by atomic mass is 32.2. The van der Waals surface area contributed by atoms with Gasteiger partial charge in [-0.3, -0.25) is 0 Å².